The molecule has 1 atom stereocenters. The van der Waals surface area contributed by atoms with Crippen molar-refractivity contribution in [2.45, 2.75) is 31.6 Å². The molecule has 1 aromatic carbocycles. The molecule has 0 aliphatic carbocycles. The summed E-state index contributed by atoms with van der Waals surface area (Å²) in [5.41, 5.74) is 3.21. The lowest BCUT2D eigenvalue weighted by molar-refractivity contribution is -0.134. The van der Waals surface area contributed by atoms with Gasteiger partial charge < -0.3 is 14.6 Å². The molecular formula is C29H32ClN5O2. The highest BCUT2D eigenvalue weighted by molar-refractivity contribution is 6.30. The highest BCUT2D eigenvalue weighted by Gasteiger charge is 2.28. The van der Waals surface area contributed by atoms with Gasteiger partial charge in [-0.05, 0) is 86.7 Å². The van der Waals surface area contributed by atoms with Crippen molar-refractivity contribution in [3.63, 3.8) is 0 Å². The fraction of sp³-hybridized carbons (Fsp3) is 0.414. The van der Waals surface area contributed by atoms with Crippen molar-refractivity contribution in [1.82, 2.24) is 24.8 Å². The molecule has 4 aromatic rings. The number of fused-ring (bicyclic) bond motifs is 3. The van der Waals surface area contributed by atoms with E-state index in [9.17, 15) is 4.79 Å². The standard InChI is InChI=1S/C29H32ClN5O2/c30-22-3-5-23(6-4-22)37-19-20-2-1-13-35(17-20)27(36)18-34-14-9-21(10-15-34)24-7-11-31-26-16-33-29-25(28(24)26)8-12-32-29/h3-8,11-12,16,20-21,31H,1-2,9-10,13-15,17-19H2. The number of ether oxygens (including phenoxy) is 1. The van der Waals surface area contributed by atoms with Gasteiger partial charge in [0.1, 0.15) is 5.75 Å². The monoisotopic (exact) mass is 517 g/mol. The molecule has 6 rings (SSSR count). The van der Waals surface area contributed by atoms with Gasteiger partial charge in [-0.3, -0.25) is 9.69 Å². The van der Waals surface area contributed by atoms with Gasteiger partial charge >= 0.3 is 0 Å². The maximum atomic E-state index is 13.2. The summed E-state index contributed by atoms with van der Waals surface area (Å²) in [6.45, 7) is 4.61. The molecule has 0 radical (unpaired) electrons. The van der Waals surface area contributed by atoms with Crippen molar-refractivity contribution in [3.8, 4) is 5.75 Å². The molecule has 2 fully saturated rings. The minimum atomic E-state index is 0.241. The Bertz CT molecular complexity index is 1380. The normalized spacial score (nSPS) is 19.5. The van der Waals surface area contributed by atoms with Gasteiger partial charge in [0.2, 0.25) is 5.91 Å². The Balaban J connectivity index is 1.03. The van der Waals surface area contributed by atoms with E-state index in [-0.39, 0.29) is 5.91 Å². The molecule has 8 heteroatoms. The molecule has 1 N–H and O–H groups in total. The Kier molecular flexibility index (Phi) is 6.98. The number of nitrogens with one attached hydrogen (secondary N) is 1. The Labute approximate surface area is 221 Å². The number of aromatic nitrogens is 3. The van der Waals surface area contributed by atoms with E-state index >= 15 is 0 Å². The molecule has 2 saturated heterocycles. The summed E-state index contributed by atoms with van der Waals surface area (Å²) >= 11 is 5.96. The number of likely N-dealkylation sites (tertiary alicyclic amines) is 2. The fourth-order valence-electron chi connectivity index (χ4n) is 5.89. The molecule has 192 valence electrons. The predicted molar refractivity (Wildman–Crippen MR) is 146 cm³/mol. The number of nitrogens with zero attached hydrogens (tertiary/aromatic N) is 4. The molecule has 1 unspecified atom stereocenters. The van der Waals surface area contributed by atoms with Crippen LogP contribution in [0, 0.1) is 5.92 Å². The number of benzene rings is 1. The first-order valence-corrected chi connectivity index (χ1v) is 13.6. The van der Waals surface area contributed by atoms with E-state index in [1.54, 1.807) is 0 Å². The molecule has 5 heterocycles. The zero-order valence-corrected chi connectivity index (χ0v) is 21.7. The quantitative estimate of drug-likeness (QED) is 0.377. The van der Waals surface area contributed by atoms with Crippen LogP contribution in [0.4, 0.5) is 0 Å². The number of pyridine rings is 2. The second kappa shape index (κ2) is 10.7. The minimum absolute atomic E-state index is 0.241. The van der Waals surface area contributed by atoms with Crippen molar-refractivity contribution >= 4 is 39.4 Å². The van der Waals surface area contributed by atoms with Crippen molar-refractivity contribution in [2.24, 2.45) is 5.92 Å². The summed E-state index contributed by atoms with van der Waals surface area (Å²) in [4.78, 5) is 29.8. The van der Waals surface area contributed by atoms with Gasteiger partial charge in [0.15, 0.2) is 5.65 Å². The maximum absolute atomic E-state index is 13.2. The van der Waals surface area contributed by atoms with Crippen LogP contribution in [-0.2, 0) is 4.79 Å². The Hall–Kier alpha value is -3.16. The molecular weight excluding hydrogens is 486 g/mol. The number of aromatic amines is 1. The summed E-state index contributed by atoms with van der Waals surface area (Å²) in [6.07, 6.45) is 9.93. The fourth-order valence-corrected chi connectivity index (χ4v) is 6.02. The number of halogens is 1. The van der Waals surface area contributed by atoms with E-state index in [4.69, 9.17) is 16.3 Å². The molecule has 37 heavy (non-hydrogen) atoms. The van der Waals surface area contributed by atoms with Crippen molar-refractivity contribution in [3.05, 3.63) is 65.6 Å². The van der Waals surface area contributed by atoms with Crippen molar-refractivity contribution in [1.29, 1.82) is 0 Å². The largest absolute Gasteiger partial charge is 0.493 e. The van der Waals surface area contributed by atoms with Crippen LogP contribution in [0.2, 0.25) is 5.02 Å². The topological polar surface area (TPSA) is 74.4 Å². The Morgan fingerprint density at radius 3 is 2.73 bits per heavy atom. The van der Waals surface area contributed by atoms with Crippen molar-refractivity contribution < 1.29 is 9.53 Å². The minimum Gasteiger partial charge on any atom is -0.493 e. The van der Waals surface area contributed by atoms with E-state index in [0.29, 0.717) is 30.0 Å². The van der Waals surface area contributed by atoms with Crippen LogP contribution in [-0.4, -0.2) is 70.0 Å². The summed E-state index contributed by atoms with van der Waals surface area (Å²) in [5.74, 6) is 1.89. The van der Waals surface area contributed by atoms with Crippen LogP contribution in [0.3, 0.4) is 0 Å². The van der Waals surface area contributed by atoms with Gasteiger partial charge in [-0.25, -0.2) is 9.97 Å². The number of rotatable bonds is 6. The van der Waals surface area contributed by atoms with E-state index in [1.807, 2.05) is 47.8 Å². The highest BCUT2D eigenvalue weighted by Crippen LogP contribution is 2.35. The zero-order valence-electron chi connectivity index (χ0n) is 20.9. The number of piperidine rings is 2. The number of hydrogen-bond acceptors (Lipinski definition) is 5. The number of carbonyl (C=O) groups is 1. The average molecular weight is 518 g/mol. The Morgan fingerprint density at radius 1 is 1.05 bits per heavy atom. The van der Waals surface area contributed by atoms with E-state index in [2.05, 4.69) is 32.0 Å². The van der Waals surface area contributed by atoms with E-state index < -0.39 is 0 Å². The zero-order chi connectivity index (χ0) is 25.2. The van der Waals surface area contributed by atoms with Gasteiger partial charge in [-0.2, -0.15) is 0 Å². The lowest BCUT2D eigenvalue weighted by Gasteiger charge is -2.36. The lowest BCUT2D eigenvalue weighted by Crippen LogP contribution is -2.47. The van der Waals surface area contributed by atoms with Gasteiger partial charge in [0.05, 0.1) is 24.9 Å². The van der Waals surface area contributed by atoms with Crippen molar-refractivity contribution in [2.75, 3.05) is 39.3 Å². The number of carbonyl (C=O) groups excluding carboxylic acids is 1. The Morgan fingerprint density at radius 2 is 1.89 bits per heavy atom. The molecule has 7 nitrogen and oxygen atoms in total. The molecule has 3 aromatic heterocycles. The summed E-state index contributed by atoms with van der Waals surface area (Å²) in [7, 11) is 0. The first-order chi connectivity index (χ1) is 18.1. The van der Waals surface area contributed by atoms with Crippen LogP contribution in [0.1, 0.15) is 37.2 Å². The predicted octanol–water partition coefficient (Wildman–Crippen LogP) is 5.26. The summed E-state index contributed by atoms with van der Waals surface area (Å²) in [5, 5.41) is 3.05. The first kappa shape index (κ1) is 24.2. The lowest BCUT2D eigenvalue weighted by atomic mass is 9.87. The molecule has 2 aliphatic rings. The third kappa shape index (κ3) is 5.29. The molecule has 0 spiro atoms. The number of amides is 1. The van der Waals surface area contributed by atoms with Crippen LogP contribution in [0.15, 0.2) is 55.0 Å². The third-order valence-corrected chi connectivity index (χ3v) is 8.13. The van der Waals surface area contributed by atoms with Crippen LogP contribution >= 0.6 is 11.6 Å². The summed E-state index contributed by atoms with van der Waals surface area (Å²) in [6, 6.07) is 11.7. The second-order valence-electron chi connectivity index (χ2n) is 10.3. The van der Waals surface area contributed by atoms with Gasteiger partial charge in [0.25, 0.3) is 0 Å². The summed E-state index contributed by atoms with van der Waals surface area (Å²) < 4.78 is 5.97. The van der Waals surface area contributed by atoms with Gasteiger partial charge in [-0.15, -0.1) is 0 Å². The molecule has 2 aliphatic heterocycles. The average Bonchev–Trinajstić information content (AvgIpc) is 3.42. The molecule has 0 bridgehead atoms. The van der Waals surface area contributed by atoms with Gasteiger partial charge in [0, 0.05) is 47.2 Å². The van der Waals surface area contributed by atoms with Crippen LogP contribution in [0.25, 0.3) is 21.9 Å². The number of H-pyrrole nitrogens is 1. The third-order valence-electron chi connectivity index (χ3n) is 7.88. The smallest absolute Gasteiger partial charge is 0.236 e. The van der Waals surface area contributed by atoms with E-state index in [0.717, 1.165) is 74.2 Å². The van der Waals surface area contributed by atoms with Gasteiger partial charge in [-0.1, -0.05) is 11.6 Å². The van der Waals surface area contributed by atoms with Crippen LogP contribution < -0.4 is 4.74 Å². The first-order valence-electron chi connectivity index (χ1n) is 13.2. The number of hydrogen-bond donors (Lipinski definition) is 1. The maximum Gasteiger partial charge on any atom is 0.236 e. The SMILES string of the molecule is O=C(CN1CCC(c2cc[nH]c3cnc4nccc4c23)CC1)N1CCCC(COc2ccc(Cl)cc2)C1. The molecule has 1 amide bonds. The highest BCUT2D eigenvalue weighted by atomic mass is 35.5. The second-order valence-corrected chi connectivity index (χ2v) is 10.8. The molecule has 0 saturated carbocycles. The van der Waals surface area contributed by atoms with E-state index in [1.165, 1.54) is 10.9 Å². The van der Waals surface area contributed by atoms with Crippen LogP contribution in [0.5, 0.6) is 5.75 Å².